The van der Waals surface area contributed by atoms with E-state index >= 15 is 0 Å². The Bertz CT molecular complexity index is 673. The van der Waals surface area contributed by atoms with Gasteiger partial charge in [-0.3, -0.25) is 4.79 Å². The van der Waals surface area contributed by atoms with Gasteiger partial charge in [0, 0.05) is 10.6 Å². The number of hydrogen-bond donors (Lipinski definition) is 1. The molecule has 0 saturated carbocycles. The summed E-state index contributed by atoms with van der Waals surface area (Å²) in [7, 11) is 0. The standard InChI is InChI=1S/C17H17Cl2NO2/c1-3-22-16-7-5-4-6-13(16)11(2)20-17(21)14-9-8-12(18)10-15(14)19/h4-11H,3H2,1-2H3,(H,20,21). The quantitative estimate of drug-likeness (QED) is 0.843. The summed E-state index contributed by atoms with van der Waals surface area (Å²) in [6.07, 6.45) is 0. The average Bonchev–Trinajstić information content (AvgIpc) is 2.47. The monoisotopic (exact) mass is 337 g/mol. The zero-order chi connectivity index (χ0) is 16.1. The molecule has 0 heterocycles. The number of benzene rings is 2. The molecule has 1 atom stereocenters. The lowest BCUT2D eigenvalue weighted by molar-refractivity contribution is 0.0939. The van der Waals surface area contributed by atoms with Gasteiger partial charge < -0.3 is 10.1 Å². The second kappa shape index (κ2) is 7.52. The molecule has 2 aromatic carbocycles. The summed E-state index contributed by atoms with van der Waals surface area (Å²) in [4.78, 5) is 12.4. The van der Waals surface area contributed by atoms with Crippen molar-refractivity contribution in [1.29, 1.82) is 0 Å². The molecule has 3 nitrogen and oxygen atoms in total. The van der Waals surface area contributed by atoms with E-state index in [1.54, 1.807) is 18.2 Å². The fourth-order valence-electron chi connectivity index (χ4n) is 2.15. The van der Waals surface area contributed by atoms with Crippen LogP contribution >= 0.6 is 23.2 Å². The van der Waals surface area contributed by atoms with Crippen molar-refractivity contribution in [3.8, 4) is 5.75 Å². The van der Waals surface area contributed by atoms with Crippen LogP contribution in [0, 0.1) is 0 Å². The van der Waals surface area contributed by atoms with Crippen molar-refractivity contribution in [1.82, 2.24) is 5.32 Å². The van der Waals surface area contributed by atoms with Gasteiger partial charge in [-0.05, 0) is 38.1 Å². The van der Waals surface area contributed by atoms with Crippen molar-refractivity contribution >= 4 is 29.1 Å². The van der Waals surface area contributed by atoms with Crippen LogP contribution in [0.4, 0.5) is 0 Å². The van der Waals surface area contributed by atoms with E-state index in [9.17, 15) is 4.79 Å². The van der Waals surface area contributed by atoms with Gasteiger partial charge in [0.15, 0.2) is 0 Å². The molecule has 0 aliphatic heterocycles. The van der Waals surface area contributed by atoms with E-state index < -0.39 is 0 Å². The van der Waals surface area contributed by atoms with Crippen LogP contribution in [0.1, 0.15) is 35.8 Å². The predicted molar refractivity (Wildman–Crippen MR) is 90.0 cm³/mol. The molecule has 1 unspecified atom stereocenters. The maximum absolute atomic E-state index is 12.4. The van der Waals surface area contributed by atoms with Gasteiger partial charge in [-0.15, -0.1) is 0 Å². The largest absolute Gasteiger partial charge is 0.494 e. The summed E-state index contributed by atoms with van der Waals surface area (Å²) in [6, 6.07) is 12.2. The molecule has 116 valence electrons. The second-order valence-corrected chi connectivity index (χ2v) is 5.63. The molecule has 0 aliphatic rings. The summed E-state index contributed by atoms with van der Waals surface area (Å²) in [5.41, 5.74) is 1.31. The fourth-order valence-corrected chi connectivity index (χ4v) is 2.65. The molecule has 5 heteroatoms. The Hall–Kier alpha value is -1.71. The van der Waals surface area contributed by atoms with E-state index in [4.69, 9.17) is 27.9 Å². The lowest BCUT2D eigenvalue weighted by atomic mass is 10.1. The molecule has 0 spiro atoms. The van der Waals surface area contributed by atoms with Crippen LogP contribution in [-0.4, -0.2) is 12.5 Å². The molecule has 1 amide bonds. The van der Waals surface area contributed by atoms with Crippen LogP contribution in [0.3, 0.4) is 0 Å². The third kappa shape index (κ3) is 3.93. The van der Waals surface area contributed by atoms with Gasteiger partial charge in [-0.25, -0.2) is 0 Å². The Morgan fingerprint density at radius 3 is 2.64 bits per heavy atom. The molecule has 2 rings (SSSR count). The van der Waals surface area contributed by atoms with Crippen LogP contribution in [0.25, 0.3) is 0 Å². The van der Waals surface area contributed by atoms with Gasteiger partial charge >= 0.3 is 0 Å². The summed E-state index contributed by atoms with van der Waals surface area (Å²) in [5.74, 6) is 0.514. The highest BCUT2D eigenvalue weighted by Gasteiger charge is 2.17. The third-order valence-corrected chi connectivity index (χ3v) is 3.76. The summed E-state index contributed by atoms with van der Waals surface area (Å²) in [5, 5.41) is 3.75. The Morgan fingerprint density at radius 2 is 1.95 bits per heavy atom. The van der Waals surface area contributed by atoms with Crippen molar-refractivity contribution in [2.24, 2.45) is 0 Å². The fraction of sp³-hybridized carbons (Fsp3) is 0.235. The molecule has 0 saturated heterocycles. The third-order valence-electron chi connectivity index (χ3n) is 3.21. The normalized spacial score (nSPS) is 11.8. The molecule has 22 heavy (non-hydrogen) atoms. The molecular weight excluding hydrogens is 321 g/mol. The summed E-state index contributed by atoms with van der Waals surface area (Å²) >= 11 is 11.9. The molecule has 0 aliphatic carbocycles. The highest BCUT2D eigenvalue weighted by atomic mass is 35.5. The molecule has 0 aromatic heterocycles. The minimum Gasteiger partial charge on any atom is -0.494 e. The van der Waals surface area contributed by atoms with Crippen molar-refractivity contribution in [2.75, 3.05) is 6.61 Å². The van der Waals surface area contributed by atoms with Gasteiger partial charge in [-0.2, -0.15) is 0 Å². The van der Waals surface area contributed by atoms with Crippen molar-refractivity contribution in [3.63, 3.8) is 0 Å². The Labute approximate surface area is 140 Å². The molecule has 2 aromatic rings. The number of para-hydroxylation sites is 1. The Balaban J connectivity index is 2.18. The van der Waals surface area contributed by atoms with Crippen LogP contribution in [0.15, 0.2) is 42.5 Å². The van der Waals surface area contributed by atoms with E-state index in [0.717, 1.165) is 11.3 Å². The Kier molecular flexibility index (Phi) is 5.69. The number of carbonyl (C=O) groups excluding carboxylic acids is 1. The smallest absolute Gasteiger partial charge is 0.253 e. The summed E-state index contributed by atoms with van der Waals surface area (Å²) < 4.78 is 5.59. The molecule has 0 fully saturated rings. The number of amides is 1. The first-order valence-electron chi connectivity index (χ1n) is 7.00. The highest BCUT2D eigenvalue weighted by Crippen LogP contribution is 2.26. The SMILES string of the molecule is CCOc1ccccc1C(C)NC(=O)c1ccc(Cl)cc1Cl. The number of halogens is 2. The second-order valence-electron chi connectivity index (χ2n) is 4.79. The maximum Gasteiger partial charge on any atom is 0.253 e. The van der Waals surface area contributed by atoms with Gasteiger partial charge in [0.1, 0.15) is 5.75 Å². The van der Waals surface area contributed by atoms with Gasteiger partial charge in [0.2, 0.25) is 0 Å². The maximum atomic E-state index is 12.4. The minimum absolute atomic E-state index is 0.206. The van der Waals surface area contributed by atoms with E-state index in [1.165, 1.54) is 0 Å². The van der Waals surface area contributed by atoms with Gasteiger partial charge in [-0.1, -0.05) is 41.4 Å². The number of nitrogens with one attached hydrogen (secondary N) is 1. The zero-order valence-electron chi connectivity index (χ0n) is 12.4. The van der Waals surface area contributed by atoms with Crippen molar-refractivity contribution in [2.45, 2.75) is 19.9 Å². The molecule has 0 radical (unpaired) electrons. The van der Waals surface area contributed by atoms with Crippen molar-refractivity contribution in [3.05, 3.63) is 63.6 Å². The van der Waals surface area contributed by atoms with E-state index in [0.29, 0.717) is 22.2 Å². The zero-order valence-corrected chi connectivity index (χ0v) is 13.9. The predicted octanol–water partition coefficient (Wildman–Crippen LogP) is 4.88. The van der Waals surface area contributed by atoms with Crippen LogP contribution in [0.2, 0.25) is 10.0 Å². The first-order chi connectivity index (χ1) is 10.5. The highest BCUT2D eigenvalue weighted by molar-refractivity contribution is 6.36. The van der Waals surface area contributed by atoms with Crippen LogP contribution in [-0.2, 0) is 0 Å². The van der Waals surface area contributed by atoms with Gasteiger partial charge in [0.25, 0.3) is 5.91 Å². The van der Waals surface area contributed by atoms with Gasteiger partial charge in [0.05, 0.1) is 23.2 Å². The molecule has 1 N–H and O–H groups in total. The van der Waals surface area contributed by atoms with E-state index in [1.807, 2.05) is 38.1 Å². The summed E-state index contributed by atoms with van der Waals surface area (Å²) in [6.45, 7) is 4.40. The number of carbonyl (C=O) groups is 1. The topological polar surface area (TPSA) is 38.3 Å². The van der Waals surface area contributed by atoms with E-state index in [2.05, 4.69) is 5.32 Å². The minimum atomic E-state index is -0.250. The van der Waals surface area contributed by atoms with Crippen LogP contribution in [0.5, 0.6) is 5.75 Å². The van der Waals surface area contributed by atoms with Crippen molar-refractivity contribution < 1.29 is 9.53 Å². The number of hydrogen-bond acceptors (Lipinski definition) is 2. The average molecular weight is 338 g/mol. The molecule has 0 bridgehead atoms. The number of ether oxygens (including phenoxy) is 1. The lowest BCUT2D eigenvalue weighted by Crippen LogP contribution is -2.27. The first kappa shape index (κ1) is 16.7. The van der Waals surface area contributed by atoms with Crippen LogP contribution < -0.4 is 10.1 Å². The lowest BCUT2D eigenvalue weighted by Gasteiger charge is -2.18. The molecular formula is C17H17Cl2NO2. The number of rotatable bonds is 5. The Morgan fingerprint density at radius 1 is 1.23 bits per heavy atom. The first-order valence-corrected chi connectivity index (χ1v) is 7.76. The van der Waals surface area contributed by atoms with E-state index in [-0.39, 0.29) is 11.9 Å².